The van der Waals surface area contributed by atoms with Crippen LogP contribution in [-0.2, 0) is 6.54 Å². The van der Waals surface area contributed by atoms with Crippen molar-refractivity contribution in [3.05, 3.63) is 36.0 Å². The molecule has 0 saturated carbocycles. The third kappa shape index (κ3) is 3.47. The van der Waals surface area contributed by atoms with E-state index in [2.05, 4.69) is 0 Å². The molecule has 2 nitrogen and oxygen atoms in total. The molecule has 0 atom stereocenters. The third-order valence-electron chi connectivity index (χ3n) is 2.91. The first-order valence-electron chi connectivity index (χ1n) is 5.82. The van der Waals surface area contributed by atoms with Crippen LogP contribution in [0.4, 0.5) is 13.2 Å². The van der Waals surface area contributed by atoms with Crippen molar-refractivity contribution in [2.24, 2.45) is 5.73 Å². The Bertz CT molecular complexity index is 601. The zero-order valence-electron chi connectivity index (χ0n) is 10.1. The number of alkyl halides is 3. The standard InChI is InChI=1S/C13H13F3N2S/c14-13(15,16)5-1-6-18-7-4-9-8-10(12(17)19)2-3-11(9)18/h2-4,7-8H,1,5-6H2,(H2,17,19). The molecule has 1 aromatic carbocycles. The van der Waals surface area contributed by atoms with Crippen LogP contribution >= 0.6 is 12.2 Å². The van der Waals surface area contributed by atoms with E-state index in [1.54, 1.807) is 12.3 Å². The lowest BCUT2D eigenvalue weighted by Gasteiger charge is -2.08. The van der Waals surface area contributed by atoms with Crippen LogP contribution in [0.5, 0.6) is 0 Å². The summed E-state index contributed by atoms with van der Waals surface area (Å²) >= 11 is 4.89. The van der Waals surface area contributed by atoms with Gasteiger partial charge in [-0.25, -0.2) is 0 Å². The minimum atomic E-state index is -4.10. The van der Waals surface area contributed by atoms with Crippen molar-refractivity contribution in [1.29, 1.82) is 0 Å². The fourth-order valence-corrected chi connectivity index (χ4v) is 2.13. The normalized spacial score (nSPS) is 11.9. The Hall–Kier alpha value is -1.56. The minimum absolute atomic E-state index is 0.0737. The minimum Gasteiger partial charge on any atom is -0.389 e. The topological polar surface area (TPSA) is 30.9 Å². The number of benzene rings is 1. The lowest BCUT2D eigenvalue weighted by molar-refractivity contribution is -0.135. The number of nitrogens with zero attached hydrogens (tertiary/aromatic N) is 1. The van der Waals surface area contributed by atoms with Gasteiger partial charge < -0.3 is 10.3 Å². The molecule has 0 bridgehead atoms. The summed E-state index contributed by atoms with van der Waals surface area (Å²) < 4.78 is 38.1. The summed E-state index contributed by atoms with van der Waals surface area (Å²) in [5.41, 5.74) is 7.19. The van der Waals surface area contributed by atoms with Gasteiger partial charge in [-0.2, -0.15) is 13.2 Å². The van der Waals surface area contributed by atoms with Crippen LogP contribution in [0.2, 0.25) is 0 Å². The van der Waals surface area contributed by atoms with Gasteiger partial charge in [0.05, 0.1) is 0 Å². The second-order valence-electron chi connectivity index (χ2n) is 4.37. The van der Waals surface area contributed by atoms with Gasteiger partial charge in [-0.3, -0.25) is 0 Å². The second-order valence-corrected chi connectivity index (χ2v) is 4.81. The van der Waals surface area contributed by atoms with E-state index in [-0.39, 0.29) is 6.42 Å². The van der Waals surface area contributed by atoms with Crippen LogP contribution in [0, 0.1) is 0 Å². The van der Waals surface area contributed by atoms with Crippen LogP contribution in [0.25, 0.3) is 10.9 Å². The van der Waals surface area contributed by atoms with Crippen molar-refractivity contribution in [1.82, 2.24) is 4.57 Å². The molecule has 6 heteroatoms. The molecule has 0 amide bonds. The number of nitrogens with two attached hydrogens (primary N) is 1. The maximum atomic E-state index is 12.1. The zero-order valence-corrected chi connectivity index (χ0v) is 10.9. The highest BCUT2D eigenvalue weighted by Gasteiger charge is 2.26. The van der Waals surface area contributed by atoms with E-state index in [0.29, 0.717) is 11.5 Å². The summed E-state index contributed by atoms with van der Waals surface area (Å²) in [4.78, 5) is 0.312. The SMILES string of the molecule is NC(=S)c1ccc2c(ccn2CCCC(F)(F)F)c1. The molecule has 1 aromatic heterocycles. The summed E-state index contributed by atoms with van der Waals surface area (Å²) in [7, 11) is 0. The molecule has 0 aliphatic carbocycles. The first-order valence-corrected chi connectivity index (χ1v) is 6.23. The Balaban J connectivity index is 2.15. The molecule has 102 valence electrons. The zero-order chi connectivity index (χ0) is 14.0. The van der Waals surface area contributed by atoms with Crippen molar-refractivity contribution < 1.29 is 13.2 Å². The van der Waals surface area contributed by atoms with Crippen molar-refractivity contribution in [3.8, 4) is 0 Å². The molecule has 2 aromatic rings. The number of halogens is 3. The summed E-state index contributed by atoms with van der Waals surface area (Å²) in [6, 6.07) is 7.31. The molecule has 0 aliphatic heterocycles. The van der Waals surface area contributed by atoms with E-state index in [1.807, 2.05) is 22.8 Å². The molecule has 2 N–H and O–H groups in total. The molecular formula is C13H13F3N2S. The molecule has 0 fully saturated rings. The van der Waals surface area contributed by atoms with Crippen LogP contribution in [0.3, 0.4) is 0 Å². The third-order valence-corrected chi connectivity index (χ3v) is 3.15. The first-order chi connectivity index (χ1) is 8.87. The predicted molar refractivity (Wildman–Crippen MR) is 73.1 cm³/mol. The van der Waals surface area contributed by atoms with Crippen LogP contribution in [0.15, 0.2) is 30.5 Å². The smallest absolute Gasteiger partial charge is 0.389 e. The fourth-order valence-electron chi connectivity index (χ4n) is 2.00. The average molecular weight is 286 g/mol. The molecule has 0 radical (unpaired) electrons. The summed E-state index contributed by atoms with van der Waals surface area (Å²) in [6.45, 7) is 0.343. The molecule has 0 aliphatic rings. The van der Waals surface area contributed by atoms with Crippen molar-refractivity contribution in [2.45, 2.75) is 25.6 Å². The average Bonchev–Trinajstić information content (AvgIpc) is 2.70. The summed E-state index contributed by atoms with van der Waals surface area (Å²) in [5.74, 6) is 0. The molecule has 2 rings (SSSR count). The number of hydrogen-bond acceptors (Lipinski definition) is 1. The second kappa shape index (κ2) is 5.21. The van der Waals surface area contributed by atoms with E-state index < -0.39 is 12.6 Å². The van der Waals surface area contributed by atoms with Crippen molar-refractivity contribution in [2.75, 3.05) is 0 Å². The van der Waals surface area contributed by atoms with Gasteiger partial charge >= 0.3 is 6.18 Å². The Labute approximate surface area is 114 Å². The first kappa shape index (κ1) is 13.9. The van der Waals surface area contributed by atoms with Crippen LogP contribution in [-0.4, -0.2) is 15.7 Å². The van der Waals surface area contributed by atoms with E-state index in [0.717, 1.165) is 16.5 Å². The van der Waals surface area contributed by atoms with Gasteiger partial charge in [-0.1, -0.05) is 12.2 Å². The quantitative estimate of drug-likeness (QED) is 0.870. The van der Waals surface area contributed by atoms with Crippen LogP contribution < -0.4 is 5.73 Å². The highest BCUT2D eigenvalue weighted by atomic mass is 32.1. The number of hydrogen-bond donors (Lipinski definition) is 1. The number of rotatable bonds is 4. The van der Waals surface area contributed by atoms with Crippen LogP contribution in [0.1, 0.15) is 18.4 Å². The van der Waals surface area contributed by atoms with Gasteiger partial charge in [0.2, 0.25) is 0 Å². The van der Waals surface area contributed by atoms with E-state index >= 15 is 0 Å². The van der Waals surface area contributed by atoms with Gasteiger partial charge in [0.15, 0.2) is 0 Å². The molecule has 0 unspecified atom stereocenters. The van der Waals surface area contributed by atoms with Gasteiger partial charge in [0.25, 0.3) is 0 Å². The molecule has 19 heavy (non-hydrogen) atoms. The fraction of sp³-hybridized carbons (Fsp3) is 0.308. The van der Waals surface area contributed by atoms with E-state index in [1.165, 1.54) is 0 Å². The number of thiocarbonyl (C=S) groups is 1. The Morgan fingerprint density at radius 1 is 1.26 bits per heavy atom. The predicted octanol–water partition coefficient (Wildman–Crippen LogP) is 3.62. The highest BCUT2D eigenvalue weighted by molar-refractivity contribution is 7.80. The molecular weight excluding hydrogens is 273 g/mol. The van der Waals surface area contributed by atoms with Crippen molar-refractivity contribution >= 4 is 28.1 Å². The van der Waals surface area contributed by atoms with Gasteiger partial charge in [0.1, 0.15) is 4.99 Å². The van der Waals surface area contributed by atoms with E-state index in [4.69, 9.17) is 18.0 Å². The monoisotopic (exact) mass is 286 g/mol. The molecule has 1 heterocycles. The molecule has 0 saturated heterocycles. The lowest BCUT2D eigenvalue weighted by atomic mass is 10.1. The highest BCUT2D eigenvalue weighted by Crippen LogP contribution is 2.23. The molecule has 0 spiro atoms. The summed E-state index contributed by atoms with van der Waals surface area (Å²) in [6.07, 6.45) is -3.01. The Morgan fingerprint density at radius 3 is 2.63 bits per heavy atom. The van der Waals surface area contributed by atoms with Crippen molar-refractivity contribution in [3.63, 3.8) is 0 Å². The number of fused-ring (bicyclic) bond motifs is 1. The van der Waals surface area contributed by atoms with Gasteiger partial charge in [-0.05, 0) is 30.7 Å². The van der Waals surface area contributed by atoms with Gasteiger partial charge in [0, 0.05) is 35.6 Å². The lowest BCUT2D eigenvalue weighted by Crippen LogP contribution is -2.09. The van der Waals surface area contributed by atoms with E-state index in [9.17, 15) is 13.2 Å². The van der Waals surface area contributed by atoms with Gasteiger partial charge in [-0.15, -0.1) is 0 Å². The number of aryl methyl sites for hydroxylation is 1. The number of aromatic nitrogens is 1. The largest absolute Gasteiger partial charge is 0.389 e. The Morgan fingerprint density at radius 2 is 2.00 bits per heavy atom. The maximum Gasteiger partial charge on any atom is 0.389 e. The maximum absolute atomic E-state index is 12.1. The summed E-state index contributed by atoms with van der Waals surface area (Å²) in [5, 5.41) is 0.928. The Kier molecular flexibility index (Phi) is 3.80.